The Morgan fingerprint density at radius 2 is 2.17 bits per heavy atom. The van der Waals surface area contributed by atoms with Crippen molar-refractivity contribution in [1.29, 1.82) is 0 Å². The van der Waals surface area contributed by atoms with E-state index in [1.54, 1.807) is 0 Å². The molecule has 1 aliphatic heterocycles. The number of piperidine rings is 1. The highest BCUT2D eigenvalue weighted by Crippen LogP contribution is 2.17. The highest BCUT2D eigenvalue weighted by Gasteiger charge is 2.22. The first-order chi connectivity index (χ1) is 10.6. The number of aryl methyl sites for hydroxylation is 1. The Morgan fingerprint density at radius 1 is 1.48 bits per heavy atom. The van der Waals surface area contributed by atoms with Crippen molar-refractivity contribution in [2.75, 3.05) is 26.2 Å². The molecule has 2 heterocycles. The molecule has 1 aliphatic rings. The summed E-state index contributed by atoms with van der Waals surface area (Å²) in [6.45, 7) is 6.08. The number of nitro groups is 1. The zero-order valence-electron chi connectivity index (χ0n) is 13.3. The van der Waals surface area contributed by atoms with Crippen molar-refractivity contribution in [2.24, 2.45) is 5.92 Å². The lowest BCUT2D eigenvalue weighted by molar-refractivity contribution is -0.385. The van der Waals surface area contributed by atoms with Crippen LogP contribution in [-0.2, 0) is 11.3 Å². The highest BCUT2D eigenvalue weighted by molar-refractivity contribution is 5.85. The third kappa shape index (κ3) is 5.80. The maximum atomic E-state index is 12.2. The number of rotatable bonds is 7. The normalized spacial score (nSPS) is 15.3. The van der Waals surface area contributed by atoms with Crippen molar-refractivity contribution in [3.05, 3.63) is 22.5 Å². The predicted octanol–water partition coefficient (Wildman–Crippen LogP) is 1.45. The summed E-state index contributed by atoms with van der Waals surface area (Å²) in [5.74, 6) is 0.748. The Balaban J connectivity index is 0.00000264. The lowest BCUT2D eigenvalue weighted by Crippen LogP contribution is -2.41. The number of carbonyl (C=O) groups excluding carboxylic acids is 1. The molecule has 2 rings (SSSR count). The summed E-state index contributed by atoms with van der Waals surface area (Å²) in [6, 6.07) is 0. The minimum Gasteiger partial charge on any atom is -0.343 e. The summed E-state index contributed by atoms with van der Waals surface area (Å²) in [6.07, 6.45) is 4.96. The van der Waals surface area contributed by atoms with Gasteiger partial charge in [-0.1, -0.05) is 6.92 Å². The molecule has 0 aliphatic carbocycles. The quantitative estimate of drug-likeness (QED) is 0.596. The topological polar surface area (TPSA) is 93.3 Å². The minimum atomic E-state index is -0.486. The maximum Gasteiger partial charge on any atom is 0.306 e. The van der Waals surface area contributed by atoms with Crippen LogP contribution in [0.15, 0.2) is 12.4 Å². The standard InChI is InChI=1S/C14H23N5O3.ClH/c1-2-15-9-12-3-6-17(7-4-12)14(20)5-8-18-11-13(10-16-18)19(21)22;/h10-12,15H,2-9H2,1H3;1H. The zero-order valence-corrected chi connectivity index (χ0v) is 14.1. The lowest BCUT2D eigenvalue weighted by atomic mass is 9.96. The second-order valence-electron chi connectivity index (χ2n) is 5.60. The van der Waals surface area contributed by atoms with Gasteiger partial charge in [-0.15, -0.1) is 12.4 Å². The molecule has 1 aromatic rings. The van der Waals surface area contributed by atoms with E-state index in [1.807, 2.05) is 4.90 Å². The molecule has 130 valence electrons. The van der Waals surface area contributed by atoms with Gasteiger partial charge in [0.05, 0.1) is 4.92 Å². The third-order valence-electron chi connectivity index (χ3n) is 4.04. The summed E-state index contributed by atoms with van der Waals surface area (Å²) in [7, 11) is 0. The van der Waals surface area contributed by atoms with Crippen LogP contribution in [0, 0.1) is 16.0 Å². The van der Waals surface area contributed by atoms with Gasteiger partial charge in [-0.2, -0.15) is 5.10 Å². The van der Waals surface area contributed by atoms with E-state index < -0.39 is 4.92 Å². The monoisotopic (exact) mass is 345 g/mol. The number of aromatic nitrogens is 2. The second kappa shape index (κ2) is 9.46. The fourth-order valence-electron chi connectivity index (χ4n) is 2.67. The number of amides is 1. The van der Waals surface area contributed by atoms with Crippen LogP contribution in [0.25, 0.3) is 0 Å². The van der Waals surface area contributed by atoms with Crippen molar-refractivity contribution in [2.45, 2.75) is 32.7 Å². The fourth-order valence-corrected chi connectivity index (χ4v) is 2.67. The van der Waals surface area contributed by atoms with Crippen LogP contribution < -0.4 is 5.32 Å². The molecule has 0 atom stereocenters. The van der Waals surface area contributed by atoms with Crippen LogP contribution in [-0.4, -0.2) is 51.7 Å². The van der Waals surface area contributed by atoms with E-state index in [0.29, 0.717) is 18.9 Å². The average Bonchev–Trinajstić information content (AvgIpc) is 3.00. The predicted molar refractivity (Wildman–Crippen MR) is 88.6 cm³/mol. The smallest absolute Gasteiger partial charge is 0.306 e. The van der Waals surface area contributed by atoms with Gasteiger partial charge in [0.2, 0.25) is 5.91 Å². The number of nitrogens with zero attached hydrogens (tertiary/aromatic N) is 4. The molecule has 1 N–H and O–H groups in total. The Kier molecular flexibility index (Phi) is 7.97. The van der Waals surface area contributed by atoms with Gasteiger partial charge in [0.15, 0.2) is 0 Å². The summed E-state index contributed by atoms with van der Waals surface area (Å²) in [5.41, 5.74) is -0.0447. The average molecular weight is 346 g/mol. The van der Waals surface area contributed by atoms with E-state index >= 15 is 0 Å². The summed E-state index contributed by atoms with van der Waals surface area (Å²) in [5, 5.41) is 17.8. The molecule has 0 radical (unpaired) electrons. The van der Waals surface area contributed by atoms with Crippen molar-refractivity contribution >= 4 is 24.0 Å². The van der Waals surface area contributed by atoms with Crippen LogP contribution in [0.2, 0.25) is 0 Å². The molecule has 0 saturated carbocycles. The molecule has 0 aromatic carbocycles. The molecular weight excluding hydrogens is 322 g/mol. The summed E-state index contributed by atoms with van der Waals surface area (Å²) >= 11 is 0. The van der Waals surface area contributed by atoms with Gasteiger partial charge in [0, 0.05) is 26.1 Å². The lowest BCUT2D eigenvalue weighted by Gasteiger charge is -2.32. The van der Waals surface area contributed by atoms with Crippen LogP contribution in [0.4, 0.5) is 5.69 Å². The largest absolute Gasteiger partial charge is 0.343 e. The summed E-state index contributed by atoms with van der Waals surface area (Å²) in [4.78, 5) is 24.1. The van der Waals surface area contributed by atoms with E-state index in [0.717, 1.165) is 39.0 Å². The van der Waals surface area contributed by atoms with Crippen molar-refractivity contribution in [3.8, 4) is 0 Å². The zero-order chi connectivity index (χ0) is 15.9. The number of nitrogens with one attached hydrogen (secondary N) is 1. The van der Waals surface area contributed by atoms with Gasteiger partial charge >= 0.3 is 5.69 Å². The Bertz CT molecular complexity index is 514. The maximum absolute atomic E-state index is 12.2. The molecule has 1 saturated heterocycles. The van der Waals surface area contributed by atoms with Crippen LogP contribution >= 0.6 is 12.4 Å². The fraction of sp³-hybridized carbons (Fsp3) is 0.714. The molecule has 9 heteroatoms. The third-order valence-corrected chi connectivity index (χ3v) is 4.04. The van der Waals surface area contributed by atoms with Gasteiger partial charge in [-0.25, -0.2) is 0 Å². The molecule has 1 aromatic heterocycles. The molecule has 8 nitrogen and oxygen atoms in total. The van der Waals surface area contributed by atoms with E-state index in [2.05, 4.69) is 17.3 Å². The van der Waals surface area contributed by atoms with Crippen LogP contribution in [0.1, 0.15) is 26.2 Å². The van der Waals surface area contributed by atoms with Crippen LogP contribution in [0.3, 0.4) is 0 Å². The van der Waals surface area contributed by atoms with E-state index in [4.69, 9.17) is 0 Å². The van der Waals surface area contributed by atoms with Gasteiger partial charge in [-0.05, 0) is 31.8 Å². The first-order valence-electron chi connectivity index (χ1n) is 7.75. The molecule has 0 unspecified atom stereocenters. The molecule has 1 amide bonds. The minimum absolute atomic E-state index is 0. The van der Waals surface area contributed by atoms with Gasteiger partial charge in [0.25, 0.3) is 0 Å². The SMILES string of the molecule is CCNCC1CCN(C(=O)CCn2cc([N+](=O)[O-])cn2)CC1.Cl. The van der Waals surface area contributed by atoms with E-state index in [1.165, 1.54) is 17.1 Å². The number of carbonyl (C=O) groups is 1. The van der Waals surface area contributed by atoms with Crippen molar-refractivity contribution in [3.63, 3.8) is 0 Å². The molecule has 23 heavy (non-hydrogen) atoms. The first-order valence-corrected chi connectivity index (χ1v) is 7.75. The number of hydrogen-bond donors (Lipinski definition) is 1. The summed E-state index contributed by atoms with van der Waals surface area (Å²) < 4.78 is 1.45. The van der Waals surface area contributed by atoms with Gasteiger partial charge in [-0.3, -0.25) is 19.6 Å². The number of likely N-dealkylation sites (tertiary alicyclic amines) is 1. The molecule has 0 spiro atoms. The van der Waals surface area contributed by atoms with Crippen molar-refractivity contribution in [1.82, 2.24) is 20.0 Å². The second-order valence-corrected chi connectivity index (χ2v) is 5.60. The highest BCUT2D eigenvalue weighted by atomic mass is 35.5. The van der Waals surface area contributed by atoms with Crippen LogP contribution in [0.5, 0.6) is 0 Å². The van der Waals surface area contributed by atoms with E-state index in [-0.39, 0.29) is 24.0 Å². The van der Waals surface area contributed by atoms with E-state index in [9.17, 15) is 14.9 Å². The Morgan fingerprint density at radius 3 is 2.74 bits per heavy atom. The van der Waals surface area contributed by atoms with Crippen molar-refractivity contribution < 1.29 is 9.72 Å². The number of hydrogen-bond acceptors (Lipinski definition) is 5. The molecular formula is C14H24ClN5O3. The Hall–Kier alpha value is -1.67. The molecule has 1 fully saturated rings. The first kappa shape index (κ1) is 19.4. The Labute approximate surface area is 141 Å². The number of halogens is 1. The van der Waals surface area contributed by atoms with Gasteiger partial charge < -0.3 is 10.2 Å². The van der Waals surface area contributed by atoms with Gasteiger partial charge in [0.1, 0.15) is 12.4 Å². The molecule has 0 bridgehead atoms.